The molecule has 36 heavy (non-hydrogen) atoms. The molecular weight excluding hydrogens is 474 g/mol. The second-order valence-electron chi connectivity index (χ2n) is 11.9. The van der Waals surface area contributed by atoms with Crippen molar-refractivity contribution in [2.45, 2.75) is 104 Å². The van der Waals surface area contributed by atoms with Gasteiger partial charge in [0.05, 0.1) is 44.9 Å². The first kappa shape index (κ1) is 27.2. The van der Waals surface area contributed by atoms with Crippen molar-refractivity contribution in [1.82, 2.24) is 4.98 Å². The van der Waals surface area contributed by atoms with E-state index in [1.165, 1.54) is 0 Å². The lowest BCUT2D eigenvalue weighted by Crippen LogP contribution is -2.43. The molecule has 4 rings (SSSR count). The highest BCUT2D eigenvalue weighted by molar-refractivity contribution is 7.18. The largest absolute Gasteiger partial charge is 0.457 e. The molecule has 3 heterocycles. The number of epoxide rings is 1. The number of cyclic esters (lactones) is 1. The fraction of sp³-hybridized carbons (Fsp3) is 0.690. The van der Waals surface area contributed by atoms with Crippen LogP contribution in [-0.2, 0) is 19.1 Å². The number of fused-ring (bicyclic) bond motifs is 2. The van der Waals surface area contributed by atoms with E-state index in [4.69, 9.17) is 9.47 Å². The van der Waals surface area contributed by atoms with E-state index < -0.39 is 23.6 Å². The average Bonchev–Trinajstić information content (AvgIpc) is 3.28. The van der Waals surface area contributed by atoms with Gasteiger partial charge in [-0.3, -0.25) is 9.59 Å². The smallest absolute Gasteiger partial charge is 0.309 e. The number of Topliss-reactive ketones (excluding diaryl/α,β-unsaturated/α-hetero) is 1. The monoisotopic (exact) mass is 515 g/mol. The summed E-state index contributed by atoms with van der Waals surface area (Å²) in [6.45, 7) is 13.9. The summed E-state index contributed by atoms with van der Waals surface area (Å²) in [7, 11) is 0. The Hall–Kier alpha value is -1.83. The van der Waals surface area contributed by atoms with Crippen molar-refractivity contribution in [1.29, 1.82) is 0 Å². The highest BCUT2D eigenvalue weighted by atomic mass is 32.1. The van der Waals surface area contributed by atoms with Crippen LogP contribution in [0.1, 0.15) is 90.3 Å². The van der Waals surface area contributed by atoms with Crippen LogP contribution < -0.4 is 0 Å². The van der Waals surface area contributed by atoms with E-state index in [1.807, 2.05) is 32.0 Å². The third-order valence-corrected chi connectivity index (χ3v) is 9.84. The Morgan fingerprint density at radius 2 is 1.86 bits per heavy atom. The molecule has 6 nitrogen and oxygen atoms in total. The molecule has 1 aromatic carbocycles. The Bertz CT molecular complexity index is 1130. The molecule has 2 aliphatic rings. The number of carbonyl (C=O) groups is 2. The second kappa shape index (κ2) is 10.1. The number of benzene rings is 1. The van der Waals surface area contributed by atoms with Gasteiger partial charge in [-0.2, -0.15) is 0 Å². The molecule has 2 aliphatic heterocycles. The average molecular weight is 516 g/mol. The normalized spacial score (nSPS) is 36.3. The molecule has 1 aromatic heterocycles. The lowest BCUT2D eigenvalue weighted by molar-refractivity contribution is -0.156. The Balaban J connectivity index is 1.61. The topological polar surface area (TPSA) is 89.0 Å². The van der Waals surface area contributed by atoms with Crippen molar-refractivity contribution in [3.8, 4) is 0 Å². The number of thiazole rings is 1. The van der Waals surface area contributed by atoms with Crippen molar-refractivity contribution < 1.29 is 24.2 Å². The van der Waals surface area contributed by atoms with Gasteiger partial charge in [-0.15, -0.1) is 11.3 Å². The summed E-state index contributed by atoms with van der Waals surface area (Å²) in [4.78, 5) is 31.1. The number of ketones is 1. The van der Waals surface area contributed by atoms with E-state index in [0.29, 0.717) is 12.3 Å². The number of nitrogens with zero attached hydrogens (tertiary/aromatic N) is 1. The molecular formula is C29H41NO5S. The second-order valence-corrected chi connectivity index (χ2v) is 13.2. The maximum atomic E-state index is 13.4. The fourth-order valence-electron chi connectivity index (χ4n) is 5.66. The predicted molar refractivity (Wildman–Crippen MR) is 142 cm³/mol. The molecule has 0 amide bonds. The first-order valence-corrected chi connectivity index (χ1v) is 14.1. The summed E-state index contributed by atoms with van der Waals surface area (Å²) in [5.41, 5.74) is 0.492. The van der Waals surface area contributed by atoms with Crippen LogP contribution in [0.3, 0.4) is 0 Å². The minimum atomic E-state index is -1.12. The van der Waals surface area contributed by atoms with Crippen LogP contribution >= 0.6 is 11.3 Å². The van der Waals surface area contributed by atoms with E-state index in [0.717, 1.165) is 40.1 Å². The number of carbonyl (C=O) groups excluding carboxylic acids is 2. The van der Waals surface area contributed by atoms with Gasteiger partial charge in [-0.05, 0) is 49.8 Å². The molecule has 2 fully saturated rings. The van der Waals surface area contributed by atoms with Gasteiger partial charge >= 0.3 is 5.97 Å². The summed E-state index contributed by atoms with van der Waals surface area (Å²) < 4.78 is 13.2. The maximum Gasteiger partial charge on any atom is 0.309 e. The highest BCUT2D eigenvalue weighted by Gasteiger charge is 2.53. The number of hydrogen-bond donors (Lipinski definition) is 1. The predicted octanol–water partition coefficient (Wildman–Crippen LogP) is 6.18. The summed E-state index contributed by atoms with van der Waals surface area (Å²) in [6, 6.07) is 6.00. The van der Waals surface area contributed by atoms with Gasteiger partial charge < -0.3 is 14.6 Å². The maximum absolute atomic E-state index is 13.4. The van der Waals surface area contributed by atoms with E-state index in [-0.39, 0.29) is 35.7 Å². The van der Waals surface area contributed by atoms with Gasteiger partial charge in [0.1, 0.15) is 11.9 Å². The molecule has 7 atom stereocenters. The molecule has 0 bridgehead atoms. The zero-order valence-electron chi connectivity index (χ0n) is 22.7. The molecule has 7 heteroatoms. The van der Waals surface area contributed by atoms with Gasteiger partial charge in [0.2, 0.25) is 0 Å². The number of rotatable bonds is 1. The first-order chi connectivity index (χ1) is 16.8. The lowest BCUT2D eigenvalue weighted by Gasteiger charge is -2.35. The van der Waals surface area contributed by atoms with Crippen molar-refractivity contribution >= 4 is 33.3 Å². The van der Waals surface area contributed by atoms with Crippen LogP contribution in [0.15, 0.2) is 18.2 Å². The quantitative estimate of drug-likeness (QED) is 0.361. The number of aromatic nitrogens is 1. The summed E-state index contributed by atoms with van der Waals surface area (Å²) in [5.74, 6) is -0.174. The van der Waals surface area contributed by atoms with Gasteiger partial charge in [0.25, 0.3) is 0 Å². The molecule has 0 radical (unpaired) electrons. The Kier molecular flexibility index (Phi) is 7.67. The third kappa shape index (κ3) is 5.53. The fourth-order valence-corrected chi connectivity index (χ4v) is 6.46. The highest BCUT2D eigenvalue weighted by Crippen LogP contribution is 2.47. The molecule has 0 saturated carbocycles. The van der Waals surface area contributed by atoms with Gasteiger partial charge in [0.15, 0.2) is 0 Å². The molecule has 0 aliphatic carbocycles. The standard InChI is InChI=1S/C29H41NO5S/c1-16-9-8-12-29(7)25(35-29)14-22(20-10-11-23-21(13-20)30-19(4)36-23)34-26(32)15-24(31)28(5,6)27(33)18(3)17(16)2/h10-11,13,16-18,22,24-25,31H,8-9,12,14-15H2,1-7H3/t16-,17-,18+,22?,24-,25-,29+/m0/s1. The van der Waals surface area contributed by atoms with E-state index in [2.05, 4.69) is 25.8 Å². The Labute approximate surface area is 218 Å². The van der Waals surface area contributed by atoms with Crippen molar-refractivity contribution in [3.63, 3.8) is 0 Å². The van der Waals surface area contributed by atoms with Gasteiger partial charge in [-0.1, -0.05) is 53.5 Å². The Morgan fingerprint density at radius 1 is 1.14 bits per heavy atom. The minimum Gasteiger partial charge on any atom is -0.457 e. The zero-order chi connectivity index (χ0) is 26.4. The van der Waals surface area contributed by atoms with Crippen LogP contribution in [0.5, 0.6) is 0 Å². The van der Waals surface area contributed by atoms with Crippen LogP contribution in [0.2, 0.25) is 0 Å². The molecule has 1 N–H and O–H groups in total. The number of hydrogen-bond acceptors (Lipinski definition) is 7. The molecule has 0 spiro atoms. The molecule has 2 aromatic rings. The van der Waals surface area contributed by atoms with Crippen LogP contribution in [0.4, 0.5) is 0 Å². The van der Waals surface area contributed by atoms with Gasteiger partial charge in [0, 0.05) is 12.3 Å². The first-order valence-electron chi connectivity index (χ1n) is 13.3. The number of esters is 1. The van der Waals surface area contributed by atoms with Crippen LogP contribution in [-0.4, -0.2) is 39.7 Å². The molecule has 1 unspecified atom stereocenters. The van der Waals surface area contributed by atoms with E-state index in [9.17, 15) is 14.7 Å². The van der Waals surface area contributed by atoms with Crippen LogP contribution in [0, 0.1) is 30.1 Å². The van der Waals surface area contributed by atoms with E-state index >= 15 is 0 Å². The number of aryl methyl sites for hydroxylation is 1. The number of aliphatic hydroxyl groups excluding tert-OH is 1. The lowest BCUT2D eigenvalue weighted by atomic mass is 9.70. The molecule has 198 valence electrons. The van der Waals surface area contributed by atoms with Crippen molar-refractivity contribution in [2.75, 3.05) is 0 Å². The van der Waals surface area contributed by atoms with Crippen molar-refractivity contribution in [3.05, 3.63) is 28.8 Å². The van der Waals surface area contributed by atoms with Crippen molar-refractivity contribution in [2.24, 2.45) is 23.2 Å². The molecule has 2 saturated heterocycles. The SMILES string of the molecule is Cc1nc2cc(C3C[C@@H]4O[C@]4(C)CCC[C@H](C)[C@H](C)[C@@H](C)C(=O)C(C)(C)[C@@H](O)CC(=O)O3)ccc2s1. The number of ether oxygens (including phenoxy) is 2. The zero-order valence-corrected chi connectivity index (χ0v) is 23.5. The number of aliphatic hydroxyl groups is 1. The Morgan fingerprint density at radius 3 is 2.58 bits per heavy atom. The van der Waals surface area contributed by atoms with Gasteiger partial charge in [-0.25, -0.2) is 4.98 Å². The summed E-state index contributed by atoms with van der Waals surface area (Å²) in [5, 5.41) is 12.0. The summed E-state index contributed by atoms with van der Waals surface area (Å²) in [6.07, 6.45) is 1.67. The third-order valence-electron chi connectivity index (χ3n) is 8.89. The minimum absolute atomic E-state index is 0.00525. The van der Waals surface area contributed by atoms with E-state index in [1.54, 1.807) is 25.2 Å². The van der Waals surface area contributed by atoms with Crippen LogP contribution in [0.25, 0.3) is 10.2 Å². The summed E-state index contributed by atoms with van der Waals surface area (Å²) >= 11 is 1.63.